The van der Waals surface area contributed by atoms with Gasteiger partial charge in [0, 0.05) is 15.3 Å². The molecule has 0 amide bonds. The van der Waals surface area contributed by atoms with Crippen LogP contribution < -0.4 is 5.73 Å². The van der Waals surface area contributed by atoms with Crippen molar-refractivity contribution in [3.8, 4) is 0 Å². The molecule has 1 atom stereocenters. The lowest BCUT2D eigenvalue weighted by Gasteiger charge is -2.12. The molecule has 0 fully saturated rings. The molecule has 1 unspecified atom stereocenters. The van der Waals surface area contributed by atoms with Crippen LogP contribution in [-0.4, -0.2) is 0 Å². The van der Waals surface area contributed by atoms with E-state index in [0.717, 1.165) is 10.4 Å². The summed E-state index contributed by atoms with van der Waals surface area (Å²) < 4.78 is 13.6. The fourth-order valence-electron chi connectivity index (χ4n) is 1.85. The fraction of sp³-hybridized carbons (Fsp3) is 0.231. The molecule has 1 nitrogen and oxygen atoms in total. The first-order valence-electron chi connectivity index (χ1n) is 5.16. The van der Waals surface area contributed by atoms with E-state index in [-0.39, 0.29) is 11.9 Å². The maximum Gasteiger partial charge on any atom is 0.128 e. The lowest BCUT2D eigenvalue weighted by molar-refractivity contribution is 0.599. The lowest BCUT2D eigenvalue weighted by atomic mass is 10.00. The quantitative estimate of drug-likeness (QED) is 0.846. The van der Waals surface area contributed by atoms with E-state index in [9.17, 15) is 4.39 Å². The Balaban J connectivity index is 2.43. The summed E-state index contributed by atoms with van der Waals surface area (Å²) in [4.78, 5) is 2.37. The summed E-state index contributed by atoms with van der Waals surface area (Å²) in [5, 5.41) is 0. The van der Waals surface area contributed by atoms with Crippen LogP contribution in [0.4, 0.5) is 4.39 Å². The zero-order valence-electron chi connectivity index (χ0n) is 9.33. The molecule has 2 rings (SSSR count). The summed E-state index contributed by atoms with van der Waals surface area (Å²) in [5.74, 6) is -0.238. The SMILES string of the molecule is Cc1cc(C(N)c2ccccc2F)c(C)s1. The molecule has 0 aliphatic heterocycles. The number of aryl methyl sites for hydroxylation is 2. The first-order chi connectivity index (χ1) is 7.59. The molecule has 0 aliphatic carbocycles. The van der Waals surface area contributed by atoms with Crippen LogP contribution in [0.1, 0.15) is 26.9 Å². The number of benzene rings is 1. The minimum atomic E-state index is -0.369. The zero-order chi connectivity index (χ0) is 11.7. The summed E-state index contributed by atoms with van der Waals surface area (Å²) in [6.07, 6.45) is 0. The standard InChI is InChI=1S/C13H14FNS/c1-8-7-11(9(2)16-8)13(15)10-5-3-4-6-12(10)14/h3-7,13H,15H2,1-2H3. The highest BCUT2D eigenvalue weighted by molar-refractivity contribution is 7.12. The third kappa shape index (κ3) is 2.01. The van der Waals surface area contributed by atoms with Crippen LogP contribution in [0, 0.1) is 19.7 Å². The smallest absolute Gasteiger partial charge is 0.128 e. The van der Waals surface area contributed by atoms with Gasteiger partial charge in [-0.25, -0.2) is 4.39 Å². The Morgan fingerprint density at radius 1 is 1.19 bits per heavy atom. The van der Waals surface area contributed by atoms with Gasteiger partial charge in [0.05, 0.1) is 6.04 Å². The van der Waals surface area contributed by atoms with Crippen LogP contribution >= 0.6 is 11.3 Å². The molecule has 0 saturated heterocycles. The van der Waals surface area contributed by atoms with Gasteiger partial charge in [-0.2, -0.15) is 0 Å². The molecule has 1 heterocycles. The molecule has 0 spiro atoms. The molecule has 84 valence electrons. The van der Waals surface area contributed by atoms with Gasteiger partial charge in [-0.05, 0) is 31.5 Å². The molecule has 0 bridgehead atoms. The van der Waals surface area contributed by atoms with Crippen molar-refractivity contribution < 1.29 is 4.39 Å². The second kappa shape index (κ2) is 4.36. The number of thiophene rings is 1. The van der Waals surface area contributed by atoms with Crippen molar-refractivity contribution in [2.24, 2.45) is 5.73 Å². The number of hydrogen-bond donors (Lipinski definition) is 1. The fourth-order valence-corrected chi connectivity index (χ4v) is 2.83. The number of rotatable bonds is 2. The normalized spacial score (nSPS) is 12.8. The van der Waals surface area contributed by atoms with E-state index in [2.05, 4.69) is 0 Å². The van der Waals surface area contributed by atoms with E-state index in [0.29, 0.717) is 5.56 Å². The topological polar surface area (TPSA) is 26.0 Å². The van der Waals surface area contributed by atoms with Gasteiger partial charge in [-0.15, -0.1) is 11.3 Å². The number of halogens is 1. The van der Waals surface area contributed by atoms with Gasteiger partial charge in [0.25, 0.3) is 0 Å². The molecular formula is C13H14FNS. The average Bonchev–Trinajstić information content (AvgIpc) is 2.58. The Labute approximate surface area is 98.7 Å². The summed E-state index contributed by atoms with van der Waals surface area (Å²) in [7, 11) is 0. The first-order valence-corrected chi connectivity index (χ1v) is 5.98. The van der Waals surface area contributed by atoms with Gasteiger partial charge >= 0.3 is 0 Å². The van der Waals surface area contributed by atoms with Gasteiger partial charge < -0.3 is 5.73 Å². The molecule has 2 aromatic rings. The van der Waals surface area contributed by atoms with Gasteiger partial charge in [-0.1, -0.05) is 18.2 Å². The predicted molar refractivity (Wildman–Crippen MR) is 66.2 cm³/mol. The number of nitrogens with two attached hydrogens (primary N) is 1. The average molecular weight is 235 g/mol. The summed E-state index contributed by atoms with van der Waals surface area (Å²) >= 11 is 1.70. The molecule has 0 saturated carbocycles. The molecule has 3 heteroatoms. The van der Waals surface area contributed by atoms with Crippen LogP contribution in [0.15, 0.2) is 30.3 Å². The van der Waals surface area contributed by atoms with Crippen molar-refractivity contribution in [1.29, 1.82) is 0 Å². The van der Waals surface area contributed by atoms with Gasteiger partial charge in [0.15, 0.2) is 0 Å². The maximum atomic E-state index is 13.6. The summed E-state index contributed by atoms with van der Waals surface area (Å²) in [5.41, 5.74) is 7.68. The van der Waals surface area contributed by atoms with Crippen molar-refractivity contribution in [1.82, 2.24) is 0 Å². The largest absolute Gasteiger partial charge is 0.320 e. The van der Waals surface area contributed by atoms with E-state index in [1.807, 2.05) is 26.0 Å². The Morgan fingerprint density at radius 3 is 2.44 bits per heavy atom. The molecule has 1 aromatic carbocycles. The van der Waals surface area contributed by atoms with E-state index >= 15 is 0 Å². The summed E-state index contributed by atoms with van der Waals surface area (Å²) in [6.45, 7) is 4.06. The van der Waals surface area contributed by atoms with Gasteiger partial charge in [-0.3, -0.25) is 0 Å². The van der Waals surface area contributed by atoms with E-state index in [1.165, 1.54) is 10.9 Å². The van der Waals surface area contributed by atoms with Gasteiger partial charge in [0.1, 0.15) is 5.82 Å². The highest BCUT2D eigenvalue weighted by Gasteiger charge is 2.16. The minimum Gasteiger partial charge on any atom is -0.320 e. The van der Waals surface area contributed by atoms with Crippen LogP contribution in [-0.2, 0) is 0 Å². The summed E-state index contributed by atoms with van der Waals surface area (Å²) in [6, 6.07) is 8.35. The highest BCUT2D eigenvalue weighted by Crippen LogP contribution is 2.29. The molecule has 0 radical (unpaired) electrons. The monoisotopic (exact) mass is 235 g/mol. The van der Waals surface area contributed by atoms with Crippen LogP contribution in [0.3, 0.4) is 0 Å². The van der Waals surface area contributed by atoms with Crippen molar-refractivity contribution in [2.45, 2.75) is 19.9 Å². The Kier molecular flexibility index (Phi) is 3.08. The molecular weight excluding hydrogens is 221 g/mol. The van der Waals surface area contributed by atoms with Gasteiger partial charge in [0.2, 0.25) is 0 Å². The van der Waals surface area contributed by atoms with Crippen molar-refractivity contribution in [2.75, 3.05) is 0 Å². The van der Waals surface area contributed by atoms with Crippen LogP contribution in [0.2, 0.25) is 0 Å². The van der Waals surface area contributed by atoms with Crippen molar-refractivity contribution >= 4 is 11.3 Å². The van der Waals surface area contributed by atoms with Crippen LogP contribution in [0.25, 0.3) is 0 Å². The Bertz CT molecular complexity index is 504. The molecule has 16 heavy (non-hydrogen) atoms. The zero-order valence-corrected chi connectivity index (χ0v) is 10.1. The van der Waals surface area contributed by atoms with Crippen molar-refractivity contribution in [3.63, 3.8) is 0 Å². The maximum absolute atomic E-state index is 13.6. The molecule has 1 aromatic heterocycles. The highest BCUT2D eigenvalue weighted by atomic mass is 32.1. The predicted octanol–water partition coefficient (Wildman–Crippen LogP) is 3.55. The van der Waals surface area contributed by atoms with E-state index in [1.54, 1.807) is 23.5 Å². The van der Waals surface area contributed by atoms with E-state index < -0.39 is 0 Å². The molecule has 0 aliphatic rings. The first kappa shape index (κ1) is 11.3. The van der Waals surface area contributed by atoms with Crippen molar-refractivity contribution in [3.05, 3.63) is 57.0 Å². The van der Waals surface area contributed by atoms with Crippen LogP contribution in [0.5, 0.6) is 0 Å². The molecule has 2 N–H and O–H groups in total. The lowest BCUT2D eigenvalue weighted by Crippen LogP contribution is -2.13. The second-order valence-electron chi connectivity index (χ2n) is 3.87. The second-order valence-corrected chi connectivity index (χ2v) is 5.33. The Hall–Kier alpha value is -1.19. The Morgan fingerprint density at radius 2 is 1.88 bits per heavy atom. The minimum absolute atomic E-state index is 0.238. The number of hydrogen-bond acceptors (Lipinski definition) is 2. The third-order valence-corrected chi connectivity index (χ3v) is 3.64. The van der Waals surface area contributed by atoms with E-state index in [4.69, 9.17) is 5.73 Å². The third-order valence-electron chi connectivity index (χ3n) is 2.65.